The molecule has 4 heteroatoms. The van der Waals surface area contributed by atoms with E-state index in [-0.39, 0.29) is 0 Å². The summed E-state index contributed by atoms with van der Waals surface area (Å²) in [5.41, 5.74) is 4.09. The van der Waals surface area contributed by atoms with Crippen molar-refractivity contribution in [1.82, 2.24) is 0 Å². The topological polar surface area (TPSA) is 0 Å². The Hall–Kier alpha value is -0.0300. The van der Waals surface area contributed by atoms with Gasteiger partial charge in [-0.25, -0.2) is 0 Å². The lowest BCUT2D eigenvalue weighted by Crippen LogP contribution is -1.79. The average Bonchev–Trinajstić information content (AvgIpc) is 2.73. The van der Waals surface area contributed by atoms with Gasteiger partial charge in [0.25, 0.3) is 4.21 Å². The van der Waals surface area contributed by atoms with Gasteiger partial charge in [0, 0.05) is 0 Å². The highest BCUT2D eigenvalue weighted by molar-refractivity contribution is 8.05. The molecule has 0 aliphatic rings. The van der Waals surface area contributed by atoms with Crippen molar-refractivity contribution in [3.05, 3.63) is 29.8 Å². The molecule has 0 N–H and O–H groups in total. The lowest BCUT2D eigenvalue weighted by atomic mass is 10.1. The average molecular weight is 286 g/mol. The first-order valence-electron chi connectivity index (χ1n) is 4.87. The van der Waals surface area contributed by atoms with Gasteiger partial charge in [-0.05, 0) is 25.0 Å². The summed E-state index contributed by atoms with van der Waals surface area (Å²) in [6.45, 7) is 2.13. The van der Waals surface area contributed by atoms with Gasteiger partial charge in [0.15, 0.2) is 10.3 Å². The molecule has 0 saturated carbocycles. The van der Waals surface area contributed by atoms with E-state index in [1.807, 2.05) is 44.2 Å². The molecule has 0 aliphatic carbocycles. The SMILES string of the molecule is CSc1s[s+]c(SC)c1-c1ccc(C)cc1. The van der Waals surface area contributed by atoms with Crippen LogP contribution in [0.1, 0.15) is 5.56 Å². The lowest BCUT2D eigenvalue weighted by Gasteiger charge is -2.00. The summed E-state index contributed by atoms with van der Waals surface area (Å²) in [4.78, 5) is 0. The molecule has 2 rings (SSSR count). The Morgan fingerprint density at radius 3 is 2.31 bits per heavy atom. The Morgan fingerprint density at radius 1 is 1.06 bits per heavy atom. The zero-order chi connectivity index (χ0) is 11.5. The number of hydrogen-bond donors (Lipinski definition) is 0. The van der Waals surface area contributed by atoms with Crippen molar-refractivity contribution in [2.45, 2.75) is 15.3 Å². The first-order valence-corrected chi connectivity index (χ1v) is 9.47. The number of rotatable bonds is 3. The quantitative estimate of drug-likeness (QED) is 0.414. The Labute approximate surface area is 113 Å². The molecule has 0 bridgehead atoms. The number of aryl methyl sites for hydroxylation is 1. The highest BCUT2D eigenvalue weighted by atomic mass is 32.9. The fourth-order valence-corrected chi connectivity index (χ4v) is 6.67. The van der Waals surface area contributed by atoms with Gasteiger partial charge < -0.3 is 0 Å². The Morgan fingerprint density at radius 2 is 1.75 bits per heavy atom. The van der Waals surface area contributed by atoms with Crippen LogP contribution < -0.4 is 0 Å². The van der Waals surface area contributed by atoms with E-state index in [1.54, 1.807) is 0 Å². The molecule has 0 nitrogen and oxygen atoms in total. The fraction of sp³-hybridized carbons (Fsp3) is 0.250. The summed E-state index contributed by atoms with van der Waals surface area (Å²) in [6, 6.07) is 8.82. The van der Waals surface area contributed by atoms with Crippen LogP contribution in [-0.4, -0.2) is 12.5 Å². The molecule has 0 radical (unpaired) electrons. The van der Waals surface area contributed by atoms with Crippen LogP contribution >= 0.6 is 44.2 Å². The zero-order valence-corrected chi connectivity index (χ0v) is 12.7. The standard InChI is InChI=1S/C12H13S4/c1-8-4-6-9(7-5-8)10-11(13-2)15-16-12(10)14-3/h4-7H,1-3H3/q+1. The second kappa shape index (κ2) is 5.54. The van der Waals surface area contributed by atoms with Crippen molar-refractivity contribution in [3.63, 3.8) is 0 Å². The van der Waals surface area contributed by atoms with Crippen LogP contribution in [0.3, 0.4) is 0 Å². The first kappa shape index (κ1) is 12.4. The van der Waals surface area contributed by atoms with Crippen LogP contribution in [0.25, 0.3) is 11.1 Å². The van der Waals surface area contributed by atoms with Crippen LogP contribution in [0, 0.1) is 6.92 Å². The summed E-state index contributed by atoms with van der Waals surface area (Å²) in [5, 5.41) is 0. The molecular weight excluding hydrogens is 272 g/mol. The van der Waals surface area contributed by atoms with Crippen molar-refractivity contribution >= 4 is 44.2 Å². The molecular formula is C12H13S4+. The molecule has 2 aromatic rings. The molecule has 1 aromatic carbocycles. The third-order valence-corrected chi connectivity index (χ3v) is 7.64. The third kappa shape index (κ3) is 2.45. The van der Waals surface area contributed by atoms with E-state index in [9.17, 15) is 0 Å². The van der Waals surface area contributed by atoms with E-state index >= 15 is 0 Å². The third-order valence-electron chi connectivity index (χ3n) is 2.31. The van der Waals surface area contributed by atoms with E-state index < -0.39 is 0 Å². The maximum Gasteiger partial charge on any atom is 0.309 e. The van der Waals surface area contributed by atoms with Gasteiger partial charge in [0.1, 0.15) is 4.21 Å². The molecule has 84 valence electrons. The van der Waals surface area contributed by atoms with Gasteiger partial charge in [-0.15, -0.1) is 11.8 Å². The minimum Gasteiger partial charge on any atom is -0.113 e. The molecule has 1 heterocycles. The second-order valence-corrected chi connectivity index (χ2v) is 7.69. The Balaban J connectivity index is 2.52. The highest BCUT2D eigenvalue weighted by Crippen LogP contribution is 2.46. The predicted molar refractivity (Wildman–Crippen MR) is 80.3 cm³/mol. The van der Waals surface area contributed by atoms with E-state index in [0.29, 0.717) is 0 Å². The molecule has 16 heavy (non-hydrogen) atoms. The maximum atomic E-state index is 2.23. The molecule has 0 aliphatic heterocycles. The minimum absolute atomic E-state index is 1.32. The van der Waals surface area contributed by atoms with E-state index in [1.165, 1.54) is 25.1 Å². The second-order valence-electron chi connectivity index (χ2n) is 3.39. The predicted octanol–water partition coefficient (Wildman–Crippen LogP) is 5.51. The first-order chi connectivity index (χ1) is 7.76. The molecule has 0 unspecified atom stereocenters. The summed E-state index contributed by atoms with van der Waals surface area (Å²) in [5.74, 6) is 0. The molecule has 0 fully saturated rings. The monoisotopic (exact) mass is 285 g/mol. The summed E-state index contributed by atoms with van der Waals surface area (Å²) >= 11 is 3.69. The lowest BCUT2D eigenvalue weighted by molar-refractivity contribution is 1.45. The smallest absolute Gasteiger partial charge is 0.113 e. The molecule has 0 spiro atoms. The summed E-state index contributed by atoms with van der Waals surface area (Å²) in [7, 11) is 3.77. The van der Waals surface area contributed by atoms with Crippen LogP contribution in [0.5, 0.6) is 0 Å². The van der Waals surface area contributed by atoms with E-state index in [0.717, 1.165) is 0 Å². The number of benzene rings is 1. The number of thioether (sulfide) groups is 2. The van der Waals surface area contributed by atoms with Crippen molar-refractivity contribution in [2.75, 3.05) is 12.5 Å². The van der Waals surface area contributed by atoms with Gasteiger partial charge >= 0.3 is 10.3 Å². The van der Waals surface area contributed by atoms with Crippen LogP contribution in [0.2, 0.25) is 0 Å². The minimum atomic E-state index is 1.32. The molecule has 0 atom stereocenters. The van der Waals surface area contributed by atoms with E-state index in [2.05, 4.69) is 43.7 Å². The molecule has 0 saturated heterocycles. The van der Waals surface area contributed by atoms with Crippen molar-refractivity contribution in [1.29, 1.82) is 0 Å². The van der Waals surface area contributed by atoms with Crippen LogP contribution in [0.4, 0.5) is 0 Å². The molecule has 0 amide bonds. The van der Waals surface area contributed by atoms with E-state index in [4.69, 9.17) is 0 Å². The highest BCUT2D eigenvalue weighted by Gasteiger charge is 2.23. The van der Waals surface area contributed by atoms with Crippen molar-refractivity contribution in [3.8, 4) is 11.1 Å². The Bertz CT molecular complexity index is 449. The fourth-order valence-electron chi connectivity index (χ4n) is 1.47. The van der Waals surface area contributed by atoms with Gasteiger partial charge in [0.2, 0.25) is 0 Å². The van der Waals surface area contributed by atoms with Gasteiger partial charge in [-0.3, -0.25) is 0 Å². The largest absolute Gasteiger partial charge is 0.309 e. The van der Waals surface area contributed by atoms with Crippen LogP contribution in [0.15, 0.2) is 32.7 Å². The normalized spacial score (nSPS) is 10.7. The number of hydrogen-bond acceptors (Lipinski definition) is 3. The van der Waals surface area contributed by atoms with Gasteiger partial charge in [-0.2, -0.15) is 0 Å². The van der Waals surface area contributed by atoms with Crippen molar-refractivity contribution in [2.24, 2.45) is 0 Å². The Kier molecular flexibility index (Phi) is 4.30. The van der Waals surface area contributed by atoms with Gasteiger partial charge in [0.05, 0.1) is 5.56 Å². The summed E-state index contributed by atoms with van der Waals surface area (Å²) in [6.07, 6.45) is 4.31. The van der Waals surface area contributed by atoms with Crippen molar-refractivity contribution < 1.29 is 0 Å². The van der Waals surface area contributed by atoms with Gasteiger partial charge in [-0.1, -0.05) is 41.6 Å². The zero-order valence-electron chi connectivity index (χ0n) is 9.44. The maximum absolute atomic E-state index is 2.23. The summed E-state index contributed by atoms with van der Waals surface area (Å²) < 4.78 is 2.86. The molecule has 1 aromatic heterocycles. The van der Waals surface area contributed by atoms with Crippen LogP contribution in [-0.2, 0) is 0 Å².